The van der Waals surface area contributed by atoms with E-state index in [2.05, 4.69) is 5.32 Å². The Balaban J connectivity index is 1.67. The molecule has 1 amide bonds. The number of benzene rings is 2. The van der Waals surface area contributed by atoms with Crippen LogP contribution in [0.1, 0.15) is 19.8 Å². The highest BCUT2D eigenvalue weighted by Gasteiger charge is 2.17. The van der Waals surface area contributed by atoms with Gasteiger partial charge in [0.2, 0.25) is 0 Å². The monoisotopic (exact) mass is 357 g/mol. The van der Waals surface area contributed by atoms with E-state index >= 15 is 0 Å². The molecule has 0 saturated carbocycles. The summed E-state index contributed by atoms with van der Waals surface area (Å²) >= 11 is 0. The van der Waals surface area contributed by atoms with Gasteiger partial charge in [-0.3, -0.25) is 9.59 Å². The van der Waals surface area contributed by atoms with Crippen LogP contribution in [0.3, 0.4) is 0 Å². The SMILES string of the molecule is COc1ccc(NC(=O)[C@H](C)OC(=O)CCCOc2ccccc2)cc1. The van der Waals surface area contributed by atoms with Gasteiger partial charge < -0.3 is 19.5 Å². The van der Waals surface area contributed by atoms with E-state index in [1.54, 1.807) is 31.4 Å². The average Bonchev–Trinajstić information content (AvgIpc) is 2.66. The van der Waals surface area contributed by atoms with Crippen LogP contribution in [0.15, 0.2) is 54.6 Å². The van der Waals surface area contributed by atoms with Gasteiger partial charge in [0.15, 0.2) is 6.10 Å². The molecule has 0 radical (unpaired) electrons. The van der Waals surface area contributed by atoms with Crippen LogP contribution in [0, 0.1) is 0 Å². The standard InChI is InChI=1S/C20H23NO5/c1-15(20(23)21-16-10-12-17(24-2)13-11-16)26-19(22)9-6-14-25-18-7-4-3-5-8-18/h3-5,7-8,10-13,15H,6,9,14H2,1-2H3,(H,21,23)/t15-/m0/s1. The van der Waals surface area contributed by atoms with Crippen molar-refractivity contribution in [1.29, 1.82) is 0 Å². The third kappa shape index (κ3) is 6.47. The molecule has 0 fully saturated rings. The minimum atomic E-state index is -0.875. The molecule has 0 aliphatic rings. The minimum Gasteiger partial charge on any atom is -0.497 e. The van der Waals surface area contributed by atoms with E-state index in [1.807, 2.05) is 30.3 Å². The van der Waals surface area contributed by atoms with Crippen molar-refractivity contribution in [3.05, 3.63) is 54.6 Å². The predicted octanol–water partition coefficient (Wildman–Crippen LogP) is 3.42. The summed E-state index contributed by atoms with van der Waals surface area (Å²) in [6.45, 7) is 1.95. The number of hydrogen-bond acceptors (Lipinski definition) is 5. The number of nitrogens with one attached hydrogen (secondary N) is 1. The lowest BCUT2D eigenvalue weighted by Gasteiger charge is -2.14. The molecule has 2 aromatic rings. The molecule has 0 bridgehead atoms. The van der Waals surface area contributed by atoms with E-state index in [4.69, 9.17) is 14.2 Å². The molecular formula is C20H23NO5. The summed E-state index contributed by atoms with van der Waals surface area (Å²) in [5, 5.41) is 2.69. The van der Waals surface area contributed by atoms with Crippen LogP contribution in [0.25, 0.3) is 0 Å². The van der Waals surface area contributed by atoms with Crippen molar-refractivity contribution < 1.29 is 23.8 Å². The lowest BCUT2D eigenvalue weighted by Crippen LogP contribution is -2.30. The first-order valence-electron chi connectivity index (χ1n) is 8.40. The minimum absolute atomic E-state index is 0.187. The van der Waals surface area contributed by atoms with Gasteiger partial charge in [-0.2, -0.15) is 0 Å². The number of hydrogen-bond donors (Lipinski definition) is 1. The summed E-state index contributed by atoms with van der Waals surface area (Å²) in [6, 6.07) is 16.3. The number of anilines is 1. The first-order chi connectivity index (χ1) is 12.6. The highest BCUT2D eigenvalue weighted by Crippen LogP contribution is 2.15. The Morgan fingerprint density at radius 1 is 1.00 bits per heavy atom. The van der Waals surface area contributed by atoms with E-state index in [9.17, 15) is 9.59 Å². The molecule has 0 saturated heterocycles. The highest BCUT2D eigenvalue weighted by atomic mass is 16.5. The van der Waals surface area contributed by atoms with Gasteiger partial charge in [0.1, 0.15) is 11.5 Å². The molecule has 0 heterocycles. The summed E-state index contributed by atoms with van der Waals surface area (Å²) in [5.41, 5.74) is 0.606. The number of ether oxygens (including phenoxy) is 3. The lowest BCUT2D eigenvalue weighted by atomic mass is 10.2. The van der Waals surface area contributed by atoms with Gasteiger partial charge in [0.05, 0.1) is 13.7 Å². The van der Waals surface area contributed by atoms with Crippen molar-refractivity contribution in [2.24, 2.45) is 0 Å². The van der Waals surface area contributed by atoms with Gasteiger partial charge in [0.25, 0.3) is 5.91 Å². The van der Waals surface area contributed by atoms with Gasteiger partial charge in [-0.15, -0.1) is 0 Å². The Labute approximate surface area is 153 Å². The molecular weight excluding hydrogens is 334 g/mol. The second kappa shape index (κ2) is 10.1. The third-order valence-corrected chi connectivity index (χ3v) is 3.57. The van der Waals surface area contributed by atoms with Crippen molar-refractivity contribution >= 4 is 17.6 Å². The lowest BCUT2D eigenvalue weighted by molar-refractivity contribution is -0.153. The van der Waals surface area contributed by atoms with Crippen molar-refractivity contribution in [1.82, 2.24) is 0 Å². The van der Waals surface area contributed by atoms with E-state index in [-0.39, 0.29) is 12.3 Å². The zero-order valence-corrected chi connectivity index (χ0v) is 14.9. The maximum Gasteiger partial charge on any atom is 0.306 e. The quantitative estimate of drug-likeness (QED) is 0.550. The molecule has 6 nitrogen and oxygen atoms in total. The molecule has 0 aromatic heterocycles. The number of carbonyl (C=O) groups excluding carboxylic acids is 2. The van der Waals surface area contributed by atoms with Crippen LogP contribution in [0.4, 0.5) is 5.69 Å². The molecule has 6 heteroatoms. The molecule has 1 N–H and O–H groups in total. The Morgan fingerprint density at radius 2 is 1.69 bits per heavy atom. The number of methoxy groups -OCH3 is 1. The first-order valence-corrected chi connectivity index (χ1v) is 8.40. The number of carbonyl (C=O) groups is 2. The van der Waals surface area contributed by atoms with Gasteiger partial charge in [-0.1, -0.05) is 18.2 Å². The molecule has 0 aliphatic heterocycles. The van der Waals surface area contributed by atoms with Crippen LogP contribution in [-0.4, -0.2) is 31.7 Å². The van der Waals surface area contributed by atoms with E-state index < -0.39 is 12.1 Å². The molecule has 0 spiro atoms. The Kier molecular flexibility index (Phi) is 7.49. The van der Waals surface area contributed by atoms with E-state index in [1.165, 1.54) is 6.92 Å². The Hall–Kier alpha value is -3.02. The molecule has 0 aliphatic carbocycles. The fourth-order valence-electron chi connectivity index (χ4n) is 2.15. The molecule has 26 heavy (non-hydrogen) atoms. The summed E-state index contributed by atoms with van der Waals surface area (Å²) < 4.78 is 15.7. The van der Waals surface area contributed by atoms with Crippen LogP contribution in [0.2, 0.25) is 0 Å². The maximum absolute atomic E-state index is 12.1. The van der Waals surface area contributed by atoms with Gasteiger partial charge in [-0.05, 0) is 49.7 Å². The fraction of sp³-hybridized carbons (Fsp3) is 0.300. The normalized spacial score (nSPS) is 11.3. The number of amides is 1. The molecule has 2 rings (SSSR count). The van der Waals surface area contributed by atoms with Crippen molar-refractivity contribution in [3.8, 4) is 11.5 Å². The number of esters is 1. The molecule has 138 valence electrons. The summed E-state index contributed by atoms with van der Waals surface area (Å²) in [4.78, 5) is 23.9. The largest absolute Gasteiger partial charge is 0.497 e. The number of para-hydroxylation sites is 1. The van der Waals surface area contributed by atoms with Gasteiger partial charge in [-0.25, -0.2) is 0 Å². The van der Waals surface area contributed by atoms with Crippen molar-refractivity contribution in [2.75, 3.05) is 19.0 Å². The van der Waals surface area contributed by atoms with Crippen LogP contribution < -0.4 is 14.8 Å². The second-order valence-corrected chi connectivity index (χ2v) is 5.61. The summed E-state index contributed by atoms with van der Waals surface area (Å²) in [7, 11) is 1.57. The summed E-state index contributed by atoms with van der Waals surface area (Å²) in [5.74, 6) is 0.636. The Morgan fingerprint density at radius 3 is 2.35 bits per heavy atom. The van der Waals surface area contributed by atoms with Gasteiger partial charge in [0, 0.05) is 12.1 Å². The van der Waals surface area contributed by atoms with Crippen molar-refractivity contribution in [2.45, 2.75) is 25.9 Å². The maximum atomic E-state index is 12.1. The van der Waals surface area contributed by atoms with Crippen LogP contribution in [0.5, 0.6) is 11.5 Å². The molecule has 2 aromatic carbocycles. The fourth-order valence-corrected chi connectivity index (χ4v) is 2.15. The predicted molar refractivity (Wildman–Crippen MR) is 98.3 cm³/mol. The number of rotatable bonds is 9. The first kappa shape index (κ1) is 19.3. The van der Waals surface area contributed by atoms with Crippen molar-refractivity contribution in [3.63, 3.8) is 0 Å². The van der Waals surface area contributed by atoms with Crippen LogP contribution in [-0.2, 0) is 14.3 Å². The van der Waals surface area contributed by atoms with Gasteiger partial charge >= 0.3 is 5.97 Å². The second-order valence-electron chi connectivity index (χ2n) is 5.61. The van der Waals surface area contributed by atoms with E-state index in [0.29, 0.717) is 24.5 Å². The molecule has 0 unspecified atom stereocenters. The third-order valence-electron chi connectivity index (χ3n) is 3.57. The van der Waals surface area contributed by atoms with Crippen LogP contribution >= 0.6 is 0 Å². The average molecular weight is 357 g/mol. The zero-order valence-electron chi connectivity index (χ0n) is 14.9. The molecule has 1 atom stereocenters. The topological polar surface area (TPSA) is 73.9 Å². The highest BCUT2D eigenvalue weighted by molar-refractivity contribution is 5.95. The Bertz CT molecular complexity index is 700. The zero-order chi connectivity index (χ0) is 18.8. The van der Waals surface area contributed by atoms with E-state index in [0.717, 1.165) is 5.75 Å². The summed E-state index contributed by atoms with van der Waals surface area (Å²) in [6.07, 6.45) is -0.173. The smallest absolute Gasteiger partial charge is 0.306 e.